The summed E-state index contributed by atoms with van der Waals surface area (Å²) in [6.07, 6.45) is 4.74. The number of nitrogens with one attached hydrogen (secondary N) is 2. The summed E-state index contributed by atoms with van der Waals surface area (Å²) < 4.78 is 0. The number of likely N-dealkylation sites (N-methyl/N-ethyl adjacent to an activating group) is 1. The molecule has 0 radical (unpaired) electrons. The lowest BCUT2D eigenvalue weighted by atomic mass is 9.91. The number of likely N-dealkylation sites (tertiary alicyclic amines) is 1. The van der Waals surface area contributed by atoms with Gasteiger partial charge in [0.2, 0.25) is 5.91 Å². The third kappa shape index (κ3) is 2.98. The fraction of sp³-hybridized carbons (Fsp3) is 0.438. The molecule has 2 aromatic rings. The summed E-state index contributed by atoms with van der Waals surface area (Å²) in [5.74, 6) is 0.330. The van der Waals surface area contributed by atoms with E-state index in [1.807, 2.05) is 18.0 Å². The second-order valence-corrected chi connectivity index (χ2v) is 6.07. The van der Waals surface area contributed by atoms with Crippen LogP contribution in [0.5, 0.6) is 5.75 Å². The van der Waals surface area contributed by atoms with E-state index >= 15 is 0 Å². The summed E-state index contributed by atoms with van der Waals surface area (Å²) >= 11 is 0. The number of anilines is 1. The maximum atomic E-state index is 12.1. The molecule has 25 heavy (non-hydrogen) atoms. The molecule has 3 rings (SSSR count). The molecule has 1 fully saturated rings. The average Bonchev–Trinajstić information content (AvgIpc) is 3.02. The third-order valence-corrected chi connectivity index (χ3v) is 4.69. The standard InChI is InChI=1S/C16H19N7O2/c1-22(16-14-12(24)7-19-15(14)20-9-21-16)11-8-23(13(25)2-4-17)5-3-10(11)6-18/h6-7,9-11,18,24H,2-3,5,8H2,1H3,(H,19,20,21). The monoisotopic (exact) mass is 341 g/mol. The molecule has 9 heteroatoms. The Morgan fingerprint density at radius 2 is 2.44 bits per heavy atom. The van der Waals surface area contributed by atoms with E-state index in [9.17, 15) is 9.90 Å². The first-order valence-corrected chi connectivity index (χ1v) is 7.96. The molecule has 1 amide bonds. The van der Waals surface area contributed by atoms with Crippen molar-refractivity contribution in [2.45, 2.75) is 18.9 Å². The lowest BCUT2D eigenvalue weighted by Crippen LogP contribution is -2.54. The van der Waals surface area contributed by atoms with Crippen molar-refractivity contribution in [1.29, 1.82) is 10.7 Å². The van der Waals surface area contributed by atoms with Crippen LogP contribution in [0.15, 0.2) is 12.5 Å². The molecular weight excluding hydrogens is 322 g/mol. The number of carbonyl (C=O) groups excluding carboxylic acids is 1. The van der Waals surface area contributed by atoms with Crippen LogP contribution in [0.1, 0.15) is 12.8 Å². The molecule has 2 aromatic heterocycles. The van der Waals surface area contributed by atoms with Gasteiger partial charge in [0.25, 0.3) is 0 Å². The van der Waals surface area contributed by atoms with Crippen molar-refractivity contribution in [3.8, 4) is 11.8 Å². The summed E-state index contributed by atoms with van der Waals surface area (Å²) in [4.78, 5) is 26.9. The second kappa shape index (κ2) is 6.76. The zero-order valence-electron chi connectivity index (χ0n) is 13.8. The first-order valence-electron chi connectivity index (χ1n) is 7.96. The van der Waals surface area contributed by atoms with Gasteiger partial charge < -0.3 is 25.3 Å². The summed E-state index contributed by atoms with van der Waals surface area (Å²) in [5, 5.41) is 27.1. The van der Waals surface area contributed by atoms with Gasteiger partial charge in [0, 0.05) is 38.5 Å². The predicted octanol–water partition coefficient (Wildman–Crippen LogP) is 0.880. The van der Waals surface area contributed by atoms with E-state index in [1.54, 1.807) is 4.90 Å². The number of aromatic nitrogens is 3. The van der Waals surface area contributed by atoms with Gasteiger partial charge in [-0.3, -0.25) is 4.79 Å². The van der Waals surface area contributed by atoms with Gasteiger partial charge >= 0.3 is 0 Å². The average molecular weight is 341 g/mol. The Morgan fingerprint density at radius 1 is 1.64 bits per heavy atom. The molecular formula is C16H19N7O2. The van der Waals surface area contributed by atoms with Crippen LogP contribution in [-0.4, -0.2) is 63.3 Å². The summed E-state index contributed by atoms with van der Waals surface area (Å²) in [7, 11) is 1.83. The van der Waals surface area contributed by atoms with Crippen molar-refractivity contribution in [3.05, 3.63) is 12.5 Å². The molecule has 2 unspecified atom stereocenters. The lowest BCUT2D eigenvalue weighted by molar-refractivity contribution is -0.131. The van der Waals surface area contributed by atoms with E-state index in [0.29, 0.717) is 36.4 Å². The number of aromatic amines is 1. The number of aromatic hydroxyl groups is 1. The van der Waals surface area contributed by atoms with E-state index in [4.69, 9.17) is 10.7 Å². The maximum absolute atomic E-state index is 12.1. The Balaban J connectivity index is 1.93. The van der Waals surface area contributed by atoms with Gasteiger partial charge in [-0.05, 0) is 6.42 Å². The van der Waals surface area contributed by atoms with Gasteiger partial charge in [-0.15, -0.1) is 0 Å². The largest absolute Gasteiger partial charge is 0.506 e. The van der Waals surface area contributed by atoms with E-state index in [0.717, 1.165) is 0 Å². The minimum Gasteiger partial charge on any atom is -0.506 e. The molecule has 130 valence electrons. The van der Waals surface area contributed by atoms with E-state index in [2.05, 4.69) is 15.0 Å². The first kappa shape index (κ1) is 16.7. The highest BCUT2D eigenvalue weighted by atomic mass is 16.3. The number of piperidine rings is 1. The topological polar surface area (TPSA) is 133 Å². The number of amides is 1. The molecule has 3 heterocycles. The number of H-pyrrole nitrogens is 1. The molecule has 0 saturated carbocycles. The molecule has 0 spiro atoms. The molecule has 1 aliphatic rings. The van der Waals surface area contributed by atoms with Crippen LogP contribution in [0.3, 0.4) is 0 Å². The van der Waals surface area contributed by atoms with Crippen LogP contribution in [0.4, 0.5) is 5.82 Å². The minimum atomic E-state index is -0.207. The van der Waals surface area contributed by atoms with E-state index < -0.39 is 0 Å². The zero-order valence-corrected chi connectivity index (χ0v) is 13.8. The Morgan fingerprint density at radius 3 is 3.16 bits per heavy atom. The summed E-state index contributed by atoms with van der Waals surface area (Å²) in [6, 6.07) is 1.71. The number of hydrogen-bond acceptors (Lipinski definition) is 7. The van der Waals surface area contributed by atoms with Crippen molar-refractivity contribution >= 4 is 29.0 Å². The Hall–Kier alpha value is -3.15. The van der Waals surface area contributed by atoms with E-state index in [1.165, 1.54) is 18.7 Å². The zero-order chi connectivity index (χ0) is 18.0. The molecule has 0 aliphatic carbocycles. The van der Waals surface area contributed by atoms with Gasteiger partial charge in [-0.25, -0.2) is 9.97 Å². The predicted molar refractivity (Wildman–Crippen MR) is 91.4 cm³/mol. The normalized spacial score (nSPS) is 20.2. The smallest absolute Gasteiger partial charge is 0.236 e. The van der Waals surface area contributed by atoms with Gasteiger partial charge in [0.15, 0.2) is 0 Å². The summed E-state index contributed by atoms with van der Waals surface area (Å²) in [6.45, 7) is 0.924. The van der Waals surface area contributed by atoms with Gasteiger partial charge in [-0.1, -0.05) is 0 Å². The Bertz CT molecular complexity index is 841. The number of rotatable bonds is 4. The fourth-order valence-corrected chi connectivity index (χ4v) is 3.31. The number of nitriles is 1. The molecule has 2 atom stereocenters. The minimum absolute atomic E-state index is 0.0528. The highest BCUT2D eigenvalue weighted by molar-refractivity contribution is 5.93. The second-order valence-electron chi connectivity index (χ2n) is 6.07. The molecule has 0 aromatic carbocycles. The molecule has 1 aliphatic heterocycles. The van der Waals surface area contributed by atoms with Crippen molar-refractivity contribution in [2.75, 3.05) is 25.0 Å². The number of carbonyl (C=O) groups is 1. The maximum Gasteiger partial charge on any atom is 0.236 e. The fourth-order valence-electron chi connectivity index (χ4n) is 3.31. The Kier molecular flexibility index (Phi) is 4.52. The van der Waals surface area contributed by atoms with Gasteiger partial charge in [0.05, 0.1) is 12.1 Å². The number of fused-ring (bicyclic) bond motifs is 1. The third-order valence-electron chi connectivity index (χ3n) is 4.69. The van der Waals surface area contributed by atoms with Crippen LogP contribution in [0, 0.1) is 22.7 Å². The van der Waals surface area contributed by atoms with Crippen LogP contribution in [0.2, 0.25) is 0 Å². The number of nitrogens with zero attached hydrogens (tertiary/aromatic N) is 5. The van der Waals surface area contributed by atoms with Crippen LogP contribution in [-0.2, 0) is 4.79 Å². The molecule has 0 bridgehead atoms. The molecule has 1 saturated heterocycles. The molecule has 9 nitrogen and oxygen atoms in total. The van der Waals surface area contributed by atoms with Crippen molar-refractivity contribution in [1.82, 2.24) is 19.9 Å². The quantitative estimate of drug-likeness (QED) is 0.707. The van der Waals surface area contributed by atoms with Crippen molar-refractivity contribution in [3.63, 3.8) is 0 Å². The number of hydrogen-bond donors (Lipinski definition) is 3. The van der Waals surface area contributed by atoms with Gasteiger partial charge in [0.1, 0.15) is 35.3 Å². The highest BCUT2D eigenvalue weighted by Crippen LogP contribution is 2.33. The van der Waals surface area contributed by atoms with Crippen LogP contribution >= 0.6 is 0 Å². The van der Waals surface area contributed by atoms with E-state index in [-0.39, 0.29) is 30.0 Å². The highest BCUT2D eigenvalue weighted by Gasteiger charge is 2.34. The van der Waals surface area contributed by atoms with Crippen molar-refractivity contribution in [2.24, 2.45) is 5.92 Å². The van der Waals surface area contributed by atoms with Gasteiger partial charge in [-0.2, -0.15) is 5.26 Å². The first-order chi connectivity index (χ1) is 12.1. The van der Waals surface area contributed by atoms with Crippen LogP contribution in [0.25, 0.3) is 11.0 Å². The van der Waals surface area contributed by atoms with Crippen LogP contribution < -0.4 is 4.90 Å². The van der Waals surface area contributed by atoms with Crippen molar-refractivity contribution < 1.29 is 9.90 Å². The Labute approximate surface area is 144 Å². The molecule has 3 N–H and O–H groups in total. The lowest BCUT2D eigenvalue weighted by Gasteiger charge is -2.41. The SMILES string of the molecule is CN(c1ncnc2[nH]cc(O)c12)C1CN(C(=O)CC#N)CCC1C=N. The summed E-state index contributed by atoms with van der Waals surface area (Å²) in [5.41, 5.74) is 0.522.